The van der Waals surface area contributed by atoms with Crippen molar-refractivity contribution in [1.29, 1.82) is 0 Å². The Morgan fingerprint density at radius 2 is 2.05 bits per heavy atom. The fraction of sp³-hybridized carbons (Fsp3) is 0.188. The van der Waals surface area contributed by atoms with Gasteiger partial charge in [-0.3, -0.25) is 0 Å². The summed E-state index contributed by atoms with van der Waals surface area (Å²) in [5.41, 5.74) is 2.47. The van der Waals surface area contributed by atoms with Gasteiger partial charge in [0.05, 0.1) is 23.7 Å². The molecule has 0 atom stereocenters. The molecular formula is C16H14ClNO2S. The predicted octanol–water partition coefficient (Wildman–Crippen LogP) is 4.21. The van der Waals surface area contributed by atoms with Gasteiger partial charge in [0.2, 0.25) is 0 Å². The Morgan fingerprint density at radius 3 is 2.81 bits per heavy atom. The van der Waals surface area contributed by atoms with E-state index in [-0.39, 0.29) is 5.97 Å². The van der Waals surface area contributed by atoms with Gasteiger partial charge in [0.1, 0.15) is 0 Å². The van der Waals surface area contributed by atoms with Gasteiger partial charge in [-0.05, 0) is 18.2 Å². The van der Waals surface area contributed by atoms with Crippen LogP contribution in [0.5, 0.6) is 0 Å². The highest BCUT2D eigenvalue weighted by Crippen LogP contribution is 2.29. The van der Waals surface area contributed by atoms with Gasteiger partial charge >= 0.3 is 5.97 Å². The van der Waals surface area contributed by atoms with Gasteiger partial charge < -0.3 is 9.14 Å². The summed E-state index contributed by atoms with van der Waals surface area (Å²) in [4.78, 5) is 13.2. The van der Waals surface area contributed by atoms with E-state index >= 15 is 0 Å². The molecule has 0 unspecified atom stereocenters. The van der Waals surface area contributed by atoms with E-state index in [9.17, 15) is 4.79 Å². The number of halogens is 1. The predicted molar refractivity (Wildman–Crippen MR) is 87.7 cm³/mol. The number of para-hydroxylation sites is 1. The normalized spacial score (nSPS) is 11.1. The first-order valence-corrected chi connectivity index (χ1v) is 8.08. The molecule has 0 N–H and O–H groups in total. The number of carbonyl (C=O) groups excluding carboxylic acids is 1. The van der Waals surface area contributed by atoms with E-state index in [1.165, 1.54) is 7.11 Å². The van der Waals surface area contributed by atoms with E-state index in [1.54, 1.807) is 11.8 Å². The molecule has 0 spiro atoms. The van der Waals surface area contributed by atoms with Crippen LogP contribution in [0.1, 0.15) is 10.4 Å². The molecular weight excluding hydrogens is 306 g/mol. The average Bonchev–Trinajstić information content (AvgIpc) is 2.86. The fourth-order valence-electron chi connectivity index (χ4n) is 2.48. The van der Waals surface area contributed by atoms with Crippen LogP contribution in [0, 0.1) is 0 Å². The van der Waals surface area contributed by atoms with Gasteiger partial charge in [0.15, 0.2) is 0 Å². The molecule has 0 radical (unpaired) electrons. The number of pyridine rings is 1. The smallest absolute Gasteiger partial charge is 0.340 e. The van der Waals surface area contributed by atoms with Crippen LogP contribution < -0.4 is 0 Å². The third kappa shape index (κ3) is 2.49. The molecule has 0 saturated carbocycles. The van der Waals surface area contributed by atoms with Crippen LogP contribution in [0.2, 0.25) is 0 Å². The molecule has 0 bridgehead atoms. The number of alkyl halides is 1. The quantitative estimate of drug-likeness (QED) is 0.410. The number of esters is 1. The van der Waals surface area contributed by atoms with Crippen molar-refractivity contribution in [1.82, 2.24) is 4.40 Å². The zero-order valence-corrected chi connectivity index (χ0v) is 13.1. The molecule has 0 aliphatic carbocycles. The second kappa shape index (κ2) is 6.00. The molecule has 2 aromatic heterocycles. The zero-order chi connectivity index (χ0) is 14.8. The van der Waals surface area contributed by atoms with Gasteiger partial charge in [-0.1, -0.05) is 18.2 Å². The number of hydrogen-bond donors (Lipinski definition) is 0. The van der Waals surface area contributed by atoms with E-state index in [4.69, 9.17) is 16.3 Å². The Morgan fingerprint density at radius 1 is 1.24 bits per heavy atom. The topological polar surface area (TPSA) is 30.7 Å². The molecule has 0 fully saturated rings. The SMILES string of the molecule is COC(=O)c1c2ccccc2n2cc(SCCCl)ccc12. The minimum atomic E-state index is -0.310. The van der Waals surface area contributed by atoms with Crippen molar-refractivity contribution in [2.24, 2.45) is 0 Å². The molecule has 3 rings (SSSR count). The minimum absolute atomic E-state index is 0.310. The number of thioether (sulfide) groups is 1. The van der Waals surface area contributed by atoms with Crippen LogP contribution >= 0.6 is 23.4 Å². The minimum Gasteiger partial charge on any atom is -0.465 e. The van der Waals surface area contributed by atoms with Crippen LogP contribution in [-0.4, -0.2) is 29.1 Å². The van der Waals surface area contributed by atoms with E-state index < -0.39 is 0 Å². The molecule has 3 nitrogen and oxygen atoms in total. The number of hydrogen-bond acceptors (Lipinski definition) is 3. The van der Waals surface area contributed by atoms with Gasteiger partial charge in [0.25, 0.3) is 0 Å². The maximum absolute atomic E-state index is 12.1. The number of fused-ring (bicyclic) bond motifs is 3. The first-order chi connectivity index (χ1) is 10.3. The zero-order valence-electron chi connectivity index (χ0n) is 11.5. The summed E-state index contributed by atoms with van der Waals surface area (Å²) in [6, 6.07) is 11.8. The van der Waals surface area contributed by atoms with Gasteiger partial charge in [-0.15, -0.1) is 23.4 Å². The standard InChI is InChI=1S/C16H14ClNO2S/c1-20-16(19)15-12-4-2-3-5-13(12)18-10-11(21-9-8-17)6-7-14(15)18/h2-7,10H,8-9H2,1H3. The van der Waals surface area contributed by atoms with E-state index in [0.29, 0.717) is 11.4 Å². The number of ether oxygens (including phenoxy) is 1. The van der Waals surface area contributed by atoms with Crippen molar-refractivity contribution in [2.75, 3.05) is 18.7 Å². The molecule has 1 aromatic carbocycles. The summed E-state index contributed by atoms with van der Waals surface area (Å²) in [5, 5.41) is 0.906. The highest BCUT2D eigenvalue weighted by molar-refractivity contribution is 7.99. The molecule has 0 amide bonds. The highest BCUT2D eigenvalue weighted by atomic mass is 35.5. The molecule has 0 aliphatic heterocycles. The second-order valence-electron chi connectivity index (χ2n) is 4.54. The number of carbonyl (C=O) groups is 1. The van der Waals surface area contributed by atoms with Crippen molar-refractivity contribution < 1.29 is 9.53 Å². The maximum atomic E-state index is 12.1. The van der Waals surface area contributed by atoms with Crippen molar-refractivity contribution in [3.05, 3.63) is 48.2 Å². The van der Waals surface area contributed by atoms with Gasteiger partial charge in [-0.2, -0.15) is 0 Å². The Balaban J connectivity index is 2.27. The number of nitrogens with zero attached hydrogens (tertiary/aromatic N) is 1. The molecule has 0 saturated heterocycles. The Labute approximate surface area is 131 Å². The Hall–Kier alpha value is -1.65. The van der Waals surface area contributed by atoms with Crippen LogP contribution in [0.3, 0.4) is 0 Å². The highest BCUT2D eigenvalue weighted by Gasteiger charge is 2.18. The Bertz CT molecular complexity index is 812. The third-order valence-electron chi connectivity index (χ3n) is 3.35. The lowest BCUT2D eigenvalue weighted by molar-refractivity contribution is 0.0605. The molecule has 5 heteroatoms. The summed E-state index contributed by atoms with van der Waals surface area (Å²) in [6.45, 7) is 0. The summed E-state index contributed by atoms with van der Waals surface area (Å²) < 4.78 is 6.97. The average molecular weight is 320 g/mol. The summed E-state index contributed by atoms with van der Waals surface area (Å²) in [6.07, 6.45) is 2.04. The van der Waals surface area contributed by atoms with Gasteiger partial charge in [-0.25, -0.2) is 4.79 Å². The summed E-state index contributed by atoms with van der Waals surface area (Å²) in [5.74, 6) is 1.16. The Kier molecular flexibility index (Phi) is 4.08. The first-order valence-electron chi connectivity index (χ1n) is 6.56. The molecule has 0 aliphatic rings. The monoisotopic (exact) mass is 319 g/mol. The fourth-order valence-corrected chi connectivity index (χ4v) is 3.36. The third-order valence-corrected chi connectivity index (χ3v) is 4.74. The molecule has 108 valence electrons. The number of benzene rings is 1. The number of aromatic nitrogens is 1. The van der Waals surface area contributed by atoms with Crippen molar-refractivity contribution >= 4 is 45.8 Å². The number of methoxy groups -OCH3 is 1. The van der Waals surface area contributed by atoms with Crippen LogP contribution in [0.25, 0.3) is 16.4 Å². The number of rotatable bonds is 4. The van der Waals surface area contributed by atoms with Crippen molar-refractivity contribution in [2.45, 2.75) is 4.90 Å². The lowest BCUT2D eigenvalue weighted by Crippen LogP contribution is -2.01. The molecule has 2 heterocycles. The molecule has 21 heavy (non-hydrogen) atoms. The van der Waals surface area contributed by atoms with E-state index in [1.807, 2.05) is 47.0 Å². The molecule has 3 aromatic rings. The summed E-state index contributed by atoms with van der Waals surface area (Å²) >= 11 is 7.44. The van der Waals surface area contributed by atoms with Crippen LogP contribution in [-0.2, 0) is 4.74 Å². The van der Waals surface area contributed by atoms with Crippen LogP contribution in [0.15, 0.2) is 47.5 Å². The lowest BCUT2D eigenvalue weighted by atomic mass is 10.1. The van der Waals surface area contributed by atoms with Crippen molar-refractivity contribution in [3.8, 4) is 0 Å². The largest absolute Gasteiger partial charge is 0.465 e. The van der Waals surface area contributed by atoms with Crippen molar-refractivity contribution in [3.63, 3.8) is 0 Å². The lowest BCUT2D eigenvalue weighted by Gasteiger charge is -2.03. The van der Waals surface area contributed by atoms with E-state index in [0.717, 1.165) is 27.1 Å². The first kappa shape index (κ1) is 14.3. The maximum Gasteiger partial charge on any atom is 0.340 e. The van der Waals surface area contributed by atoms with Gasteiger partial charge in [0, 0.05) is 28.1 Å². The van der Waals surface area contributed by atoms with Crippen LogP contribution in [0.4, 0.5) is 0 Å². The summed E-state index contributed by atoms with van der Waals surface area (Å²) in [7, 11) is 1.41. The second-order valence-corrected chi connectivity index (χ2v) is 6.09. The van der Waals surface area contributed by atoms with E-state index in [2.05, 4.69) is 0 Å².